The fourth-order valence-electron chi connectivity index (χ4n) is 1.48. The largest absolute Gasteiger partial charge is 0.459 e. The van der Waals surface area contributed by atoms with Gasteiger partial charge < -0.3 is 15.1 Å². The normalized spacial score (nSPS) is 11.7. The maximum absolute atomic E-state index is 11.7. The monoisotopic (exact) mass is 336 g/mol. The summed E-state index contributed by atoms with van der Waals surface area (Å²) in [7, 11) is 0. The molecule has 2 amide bonds. The standard InChI is InChI=1S/C14H13BrN2O3/c1-9(15)13(18)16-10-4-6-11(7-5-10)17-14(19)12-3-2-8-20-12/h2-9H,1H3,(H,16,18)(H,17,19). The molecule has 0 aliphatic rings. The molecule has 2 rings (SSSR count). The Morgan fingerprint density at radius 3 is 2.20 bits per heavy atom. The summed E-state index contributed by atoms with van der Waals surface area (Å²) in [6.45, 7) is 1.74. The second-order valence-electron chi connectivity index (χ2n) is 4.11. The van der Waals surface area contributed by atoms with Gasteiger partial charge >= 0.3 is 0 Å². The van der Waals surface area contributed by atoms with E-state index in [1.165, 1.54) is 6.26 Å². The van der Waals surface area contributed by atoms with E-state index < -0.39 is 0 Å². The SMILES string of the molecule is CC(Br)C(=O)Nc1ccc(NC(=O)c2ccco2)cc1. The first-order valence-electron chi connectivity index (χ1n) is 5.96. The Balaban J connectivity index is 1.98. The summed E-state index contributed by atoms with van der Waals surface area (Å²) in [5.74, 6) is -0.200. The van der Waals surface area contributed by atoms with Crippen LogP contribution in [0, 0.1) is 0 Å². The van der Waals surface area contributed by atoms with E-state index in [-0.39, 0.29) is 22.4 Å². The summed E-state index contributed by atoms with van der Waals surface area (Å²) in [6.07, 6.45) is 1.44. The molecule has 0 bridgehead atoms. The molecule has 0 radical (unpaired) electrons. The molecule has 0 aliphatic carbocycles. The first kappa shape index (κ1) is 14.3. The highest BCUT2D eigenvalue weighted by atomic mass is 79.9. The number of alkyl halides is 1. The van der Waals surface area contributed by atoms with Crippen molar-refractivity contribution in [3.05, 3.63) is 48.4 Å². The molecule has 104 valence electrons. The molecule has 5 nitrogen and oxygen atoms in total. The highest BCUT2D eigenvalue weighted by molar-refractivity contribution is 9.10. The summed E-state index contributed by atoms with van der Waals surface area (Å²) in [5.41, 5.74) is 1.29. The van der Waals surface area contributed by atoms with Crippen molar-refractivity contribution in [3.8, 4) is 0 Å². The zero-order valence-corrected chi connectivity index (χ0v) is 12.3. The topological polar surface area (TPSA) is 71.3 Å². The van der Waals surface area contributed by atoms with Gasteiger partial charge in [-0.05, 0) is 43.3 Å². The van der Waals surface area contributed by atoms with E-state index in [1.54, 1.807) is 43.3 Å². The maximum Gasteiger partial charge on any atom is 0.291 e. The molecule has 0 spiro atoms. The van der Waals surface area contributed by atoms with Crippen molar-refractivity contribution in [2.45, 2.75) is 11.8 Å². The highest BCUT2D eigenvalue weighted by Gasteiger charge is 2.10. The van der Waals surface area contributed by atoms with Gasteiger partial charge in [0.2, 0.25) is 5.91 Å². The van der Waals surface area contributed by atoms with Gasteiger partial charge in [0.15, 0.2) is 5.76 Å². The average Bonchev–Trinajstić information content (AvgIpc) is 2.95. The molecule has 1 heterocycles. The predicted molar refractivity (Wildman–Crippen MR) is 80.1 cm³/mol. The molecule has 0 aliphatic heterocycles. The van der Waals surface area contributed by atoms with Gasteiger partial charge in [-0.2, -0.15) is 0 Å². The lowest BCUT2D eigenvalue weighted by molar-refractivity contribution is -0.115. The Bertz CT molecular complexity index is 591. The van der Waals surface area contributed by atoms with Crippen LogP contribution in [0.3, 0.4) is 0 Å². The van der Waals surface area contributed by atoms with Crippen LogP contribution in [-0.2, 0) is 4.79 Å². The number of rotatable bonds is 4. The number of furan rings is 1. The third kappa shape index (κ3) is 3.71. The van der Waals surface area contributed by atoms with Crippen molar-refractivity contribution in [1.82, 2.24) is 0 Å². The first-order chi connectivity index (χ1) is 9.56. The van der Waals surface area contributed by atoms with E-state index in [1.807, 2.05) is 0 Å². The fraction of sp³-hybridized carbons (Fsp3) is 0.143. The minimum atomic E-state index is -0.319. The lowest BCUT2D eigenvalue weighted by Crippen LogP contribution is -2.19. The summed E-state index contributed by atoms with van der Waals surface area (Å²) < 4.78 is 5.00. The molecule has 6 heteroatoms. The lowest BCUT2D eigenvalue weighted by atomic mass is 10.2. The Hall–Kier alpha value is -2.08. The number of halogens is 1. The third-order valence-corrected chi connectivity index (χ3v) is 2.93. The molecule has 2 N–H and O–H groups in total. The quantitative estimate of drug-likeness (QED) is 0.842. The summed E-state index contributed by atoms with van der Waals surface area (Å²) in [5, 5.41) is 5.43. The van der Waals surface area contributed by atoms with E-state index >= 15 is 0 Å². The van der Waals surface area contributed by atoms with Crippen LogP contribution in [0.4, 0.5) is 11.4 Å². The Labute approximate surface area is 124 Å². The molecule has 0 saturated carbocycles. The van der Waals surface area contributed by atoms with Crippen LogP contribution in [0.2, 0.25) is 0 Å². The molecule has 20 heavy (non-hydrogen) atoms. The van der Waals surface area contributed by atoms with E-state index in [9.17, 15) is 9.59 Å². The lowest BCUT2D eigenvalue weighted by Gasteiger charge is -2.08. The van der Waals surface area contributed by atoms with Gasteiger partial charge in [-0.15, -0.1) is 0 Å². The predicted octanol–water partition coefficient (Wildman–Crippen LogP) is 3.25. The fourth-order valence-corrected chi connectivity index (χ4v) is 1.59. The van der Waals surface area contributed by atoms with Crippen molar-refractivity contribution in [1.29, 1.82) is 0 Å². The summed E-state index contributed by atoms with van der Waals surface area (Å²) in [6, 6.07) is 10.1. The zero-order valence-electron chi connectivity index (χ0n) is 10.7. The second kappa shape index (κ2) is 6.38. The van der Waals surface area contributed by atoms with Gasteiger partial charge in [0.25, 0.3) is 5.91 Å². The summed E-state index contributed by atoms with van der Waals surface area (Å²) >= 11 is 3.19. The molecule has 1 atom stereocenters. The van der Waals surface area contributed by atoms with E-state index in [4.69, 9.17) is 4.42 Å². The smallest absolute Gasteiger partial charge is 0.291 e. The van der Waals surface area contributed by atoms with Crippen LogP contribution in [-0.4, -0.2) is 16.6 Å². The Morgan fingerprint density at radius 1 is 1.10 bits per heavy atom. The number of carbonyl (C=O) groups excluding carboxylic acids is 2. The van der Waals surface area contributed by atoms with Gasteiger partial charge in [-0.1, -0.05) is 15.9 Å². The summed E-state index contributed by atoms with van der Waals surface area (Å²) in [4.78, 5) is 23.0. The second-order valence-corrected chi connectivity index (χ2v) is 5.49. The molecule has 2 aromatic rings. The average molecular weight is 337 g/mol. The number of anilines is 2. The molecular weight excluding hydrogens is 324 g/mol. The first-order valence-corrected chi connectivity index (χ1v) is 6.87. The zero-order chi connectivity index (χ0) is 14.5. The Kier molecular flexibility index (Phi) is 4.57. The molecular formula is C14H13BrN2O3. The minimum absolute atomic E-state index is 0.127. The van der Waals surface area contributed by atoms with Crippen LogP contribution < -0.4 is 10.6 Å². The number of benzene rings is 1. The van der Waals surface area contributed by atoms with Crippen LogP contribution in [0.25, 0.3) is 0 Å². The van der Waals surface area contributed by atoms with Crippen molar-refractivity contribution in [2.24, 2.45) is 0 Å². The van der Waals surface area contributed by atoms with E-state index in [2.05, 4.69) is 26.6 Å². The van der Waals surface area contributed by atoms with Gasteiger partial charge in [0.1, 0.15) is 0 Å². The van der Waals surface area contributed by atoms with Gasteiger partial charge in [-0.25, -0.2) is 0 Å². The number of nitrogens with one attached hydrogen (secondary N) is 2. The minimum Gasteiger partial charge on any atom is -0.459 e. The number of amides is 2. The van der Waals surface area contributed by atoms with E-state index in [0.29, 0.717) is 11.4 Å². The van der Waals surface area contributed by atoms with Crippen molar-refractivity contribution >= 4 is 39.1 Å². The van der Waals surface area contributed by atoms with Crippen LogP contribution in [0.5, 0.6) is 0 Å². The van der Waals surface area contributed by atoms with Crippen molar-refractivity contribution < 1.29 is 14.0 Å². The van der Waals surface area contributed by atoms with Crippen LogP contribution >= 0.6 is 15.9 Å². The molecule has 0 saturated heterocycles. The van der Waals surface area contributed by atoms with Gasteiger partial charge in [0.05, 0.1) is 11.1 Å². The van der Waals surface area contributed by atoms with Gasteiger partial charge in [-0.3, -0.25) is 9.59 Å². The van der Waals surface area contributed by atoms with Crippen LogP contribution in [0.15, 0.2) is 47.1 Å². The van der Waals surface area contributed by atoms with Crippen LogP contribution in [0.1, 0.15) is 17.5 Å². The molecule has 1 aromatic carbocycles. The number of hydrogen-bond donors (Lipinski definition) is 2. The van der Waals surface area contributed by atoms with Crippen molar-refractivity contribution in [2.75, 3.05) is 10.6 Å². The molecule has 1 aromatic heterocycles. The molecule has 1 unspecified atom stereocenters. The van der Waals surface area contributed by atoms with Crippen molar-refractivity contribution in [3.63, 3.8) is 0 Å². The maximum atomic E-state index is 11.7. The third-order valence-electron chi connectivity index (χ3n) is 2.52. The van der Waals surface area contributed by atoms with Gasteiger partial charge in [0, 0.05) is 11.4 Å². The van der Waals surface area contributed by atoms with E-state index in [0.717, 1.165) is 0 Å². The number of carbonyl (C=O) groups is 2. The Morgan fingerprint density at radius 2 is 1.70 bits per heavy atom. The highest BCUT2D eigenvalue weighted by Crippen LogP contribution is 2.15. The number of hydrogen-bond acceptors (Lipinski definition) is 3. The molecule has 0 fully saturated rings.